The summed E-state index contributed by atoms with van der Waals surface area (Å²) in [5.41, 5.74) is 4.52. The molecule has 0 aliphatic rings. The van der Waals surface area contributed by atoms with E-state index in [1.807, 2.05) is 37.3 Å². The van der Waals surface area contributed by atoms with Gasteiger partial charge < -0.3 is 0 Å². The number of hydrogen-bond acceptors (Lipinski definition) is 0. The average Bonchev–Trinajstić information content (AvgIpc) is 2.70. The number of aryl methyl sites for hydroxylation is 2. The van der Waals surface area contributed by atoms with Crippen molar-refractivity contribution in [2.75, 3.05) is 0 Å². The second-order valence-corrected chi connectivity index (χ2v) is 7.24. The normalized spacial score (nSPS) is 11.5. The molecular formula is C26H29F. The molecule has 0 spiro atoms. The monoisotopic (exact) mass is 360 g/mol. The minimum Gasteiger partial charge on any atom is -0.206 e. The first-order valence-electron chi connectivity index (χ1n) is 10.1. The lowest BCUT2D eigenvalue weighted by molar-refractivity contribution is 0.621. The number of fused-ring (bicyclic) bond motifs is 1. The molecular weight excluding hydrogens is 331 g/mol. The van der Waals surface area contributed by atoms with Gasteiger partial charge in [-0.2, -0.15) is 0 Å². The van der Waals surface area contributed by atoms with Crippen LogP contribution in [0.2, 0.25) is 0 Å². The third-order valence-corrected chi connectivity index (χ3v) is 5.21. The van der Waals surface area contributed by atoms with Gasteiger partial charge in [0.05, 0.1) is 0 Å². The molecule has 0 amide bonds. The maximum atomic E-state index is 14.8. The molecule has 0 unspecified atom stereocenters. The summed E-state index contributed by atoms with van der Waals surface area (Å²) < 4.78 is 14.8. The topological polar surface area (TPSA) is 0 Å². The van der Waals surface area contributed by atoms with E-state index in [0.29, 0.717) is 5.39 Å². The van der Waals surface area contributed by atoms with Crippen molar-refractivity contribution in [3.8, 4) is 11.1 Å². The van der Waals surface area contributed by atoms with E-state index < -0.39 is 0 Å². The van der Waals surface area contributed by atoms with Crippen molar-refractivity contribution < 1.29 is 4.39 Å². The summed E-state index contributed by atoms with van der Waals surface area (Å²) >= 11 is 0. The van der Waals surface area contributed by atoms with Crippen LogP contribution in [0, 0.1) is 5.82 Å². The predicted octanol–water partition coefficient (Wildman–Crippen LogP) is 7.89. The molecule has 0 aliphatic carbocycles. The van der Waals surface area contributed by atoms with Gasteiger partial charge in [0.1, 0.15) is 5.82 Å². The standard InChI is InChI=1S/C26H29F/c1-3-5-7-9-20-11-13-21(14-12-20)23-17-18-25-24(19-23)16-15-22(26(25)27)10-8-6-4-2/h4,6,11-19H,3,5,7-10H2,1-2H3/b6-4+. The maximum absolute atomic E-state index is 14.8. The summed E-state index contributed by atoms with van der Waals surface area (Å²) in [6.45, 7) is 4.23. The Morgan fingerprint density at radius 2 is 1.63 bits per heavy atom. The minimum atomic E-state index is -0.0742. The van der Waals surface area contributed by atoms with Crippen LogP contribution in [-0.2, 0) is 12.8 Å². The highest BCUT2D eigenvalue weighted by Gasteiger charge is 2.08. The van der Waals surface area contributed by atoms with Crippen molar-refractivity contribution >= 4 is 10.8 Å². The summed E-state index contributed by atoms with van der Waals surface area (Å²) in [6, 6.07) is 18.9. The lowest BCUT2D eigenvalue weighted by Crippen LogP contribution is -1.92. The lowest BCUT2D eigenvalue weighted by atomic mass is 9.97. The molecule has 140 valence electrons. The Labute approximate surface area is 162 Å². The average molecular weight is 361 g/mol. The molecule has 0 fully saturated rings. The first-order valence-corrected chi connectivity index (χ1v) is 10.1. The van der Waals surface area contributed by atoms with Gasteiger partial charge >= 0.3 is 0 Å². The quantitative estimate of drug-likeness (QED) is 0.283. The second-order valence-electron chi connectivity index (χ2n) is 7.24. The van der Waals surface area contributed by atoms with E-state index in [4.69, 9.17) is 0 Å². The fraction of sp³-hybridized carbons (Fsp3) is 0.308. The van der Waals surface area contributed by atoms with Crippen molar-refractivity contribution in [3.63, 3.8) is 0 Å². The van der Waals surface area contributed by atoms with E-state index in [1.54, 1.807) is 0 Å². The van der Waals surface area contributed by atoms with Crippen LogP contribution in [0.3, 0.4) is 0 Å². The van der Waals surface area contributed by atoms with Crippen molar-refractivity contribution in [3.05, 3.63) is 83.7 Å². The van der Waals surface area contributed by atoms with Gasteiger partial charge in [0, 0.05) is 5.39 Å². The summed E-state index contributed by atoms with van der Waals surface area (Å²) in [5.74, 6) is -0.0742. The van der Waals surface area contributed by atoms with E-state index in [2.05, 4.69) is 43.3 Å². The molecule has 0 aromatic heterocycles. The smallest absolute Gasteiger partial charge is 0.134 e. The molecule has 0 nitrogen and oxygen atoms in total. The van der Waals surface area contributed by atoms with Crippen LogP contribution in [-0.4, -0.2) is 0 Å². The summed E-state index contributed by atoms with van der Waals surface area (Å²) in [6.07, 6.45) is 10.7. The fourth-order valence-electron chi connectivity index (χ4n) is 3.56. The van der Waals surface area contributed by atoms with Gasteiger partial charge in [0.2, 0.25) is 0 Å². The number of benzene rings is 3. The van der Waals surface area contributed by atoms with Gasteiger partial charge in [-0.05, 0) is 66.3 Å². The van der Waals surface area contributed by atoms with E-state index in [1.165, 1.54) is 30.4 Å². The Balaban J connectivity index is 1.81. The molecule has 3 aromatic rings. The molecule has 0 aliphatic heterocycles. The molecule has 3 rings (SSSR count). The molecule has 0 atom stereocenters. The third kappa shape index (κ3) is 4.86. The van der Waals surface area contributed by atoms with Gasteiger partial charge in [-0.3, -0.25) is 0 Å². The summed E-state index contributed by atoms with van der Waals surface area (Å²) in [4.78, 5) is 0. The number of rotatable bonds is 8. The van der Waals surface area contributed by atoms with Gasteiger partial charge in [0.25, 0.3) is 0 Å². The van der Waals surface area contributed by atoms with Crippen LogP contribution in [0.25, 0.3) is 21.9 Å². The fourth-order valence-corrected chi connectivity index (χ4v) is 3.56. The van der Waals surface area contributed by atoms with Gasteiger partial charge in [0.15, 0.2) is 0 Å². The van der Waals surface area contributed by atoms with Gasteiger partial charge in [-0.25, -0.2) is 4.39 Å². The zero-order valence-corrected chi connectivity index (χ0v) is 16.5. The Morgan fingerprint density at radius 3 is 2.37 bits per heavy atom. The third-order valence-electron chi connectivity index (χ3n) is 5.21. The maximum Gasteiger partial charge on any atom is 0.134 e. The zero-order chi connectivity index (χ0) is 19.1. The molecule has 0 bridgehead atoms. The Morgan fingerprint density at radius 1 is 0.852 bits per heavy atom. The van der Waals surface area contributed by atoms with Crippen LogP contribution in [0.5, 0.6) is 0 Å². The van der Waals surface area contributed by atoms with Crippen LogP contribution in [0.1, 0.15) is 50.7 Å². The highest BCUT2D eigenvalue weighted by molar-refractivity contribution is 5.88. The zero-order valence-electron chi connectivity index (χ0n) is 16.5. The number of allylic oxidation sites excluding steroid dienone is 2. The molecule has 1 heteroatoms. The highest BCUT2D eigenvalue weighted by atomic mass is 19.1. The van der Waals surface area contributed by atoms with Crippen LogP contribution < -0.4 is 0 Å². The van der Waals surface area contributed by atoms with Crippen LogP contribution in [0.4, 0.5) is 4.39 Å². The highest BCUT2D eigenvalue weighted by Crippen LogP contribution is 2.28. The van der Waals surface area contributed by atoms with Gasteiger partial charge in [-0.1, -0.05) is 80.4 Å². The second kappa shape index (κ2) is 9.50. The van der Waals surface area contributed by atoms with Crippen molar-refractivity contribution in [2.24, 2.45) is 0 Å². The number of hydrogen-bond donors (Lipinski definition) is 0. The number of halogens is 1. The van der Waals surface area contributed by atoms with E-state index in [0.717, 1.165) is 35.8 Å². The van der Waals surface area contributed by atoms with Crippen LogP contribution in [0.15, 0.2) is 66.7 Å². The Bertz CT molecular complexity index is 903. The van der Waals surface area contributed by atoms with E-state index >= 15 is 0 Å². The largest absolute Gasteiger partial charge is 0.206 e. The van der Waals surface area contributed by atoms with Crippen LogP contribution >= 0.6 is 0 Å². The lowest BCUT2D eigenvalue weighted by Gasteiger charge is -2.09. The molecule has 0 saturated carbocycles. The predicted molar refractivity (Wildman–Crippen MR) is 116 cm³/mol. The summed E-state index contributed by atoms with van der Waals surface area (Å²) in [5, 5.41) is 1.68. The van der Waals surface area contributed by atoms with E-state index in [9.17, 15) is 4.39 Å². The first kappa shape index (κ1) is 19.4. The van der Waals surface area contributed by atoms with Crippen molar-refractivity contribution in [1.82, 2.24) is 0 Å². The Kier molecular flexibility index (Phi) is 6.81. The molecule has 0 saturated heterocycles. The minimum absolute atomic E-state index is 0.0742. The number of unbranched alkanes of at least 4 members (excludes halogenated alkanes) is 2. The molecule has 0 heterocycles. The Hall–Kier alpha value is -2.41. The van der Waals surface area contributed by atoms with Gasteiger partial charge in [-0.15, -0.1) is 0 Å². The first-order chi connectivity index (χ1) is 13.2. The van der Waals surface area contributed by atoms with Crippen molar-refractivity contribution in [2.45, 2.75) is 52.4 Å². The molecule has 0 radical (unpaired) electrons. The molecule has 27 heavy (non-hydrogen) atoms. The van der Waals surface area contributed by atoms with E-state index in [-0.39, 0.29) is 5.82 Å². The van der Waals surface area contributed by atoms with Crippen molar-refractivity contribution in [1.29, 1.82) is 0 Å². The molecule has 3 aromatic carbocycles. The SMILES string of the molecule is C/C=C/CCc1ccc2cc(-c3ccc(CCCCC)cc3)ccc2c1F. The summed E-state index contributed by atoms with van der Waals surface area (Å²) in [7, 11) is 0. The molecule has 0 N–H and O–H groups in total.